The van der Waals surface area contributed by atoms with Gasteiger partial charge in [0.25, 0.3) is 0 Å². The highest BCUT2D eigenvalue weighted by Gasteiger charge is 2.34. The summed E-state index contributed by atoms with van der Waals surface area (Å²) >= 11 is 1.67. The molecule has 0 spiro atoms. The average molecular weight is 358 g/mol. The minimum Gasteiger partial charge on any atom is -0.357 e. The number of nitrogens with zero attached hydrogens (tertiary/aromatic N) is 7. The van der Waals surface area contributed by atoms with Gasteiger partial charge in [0.15, 0.2) is 5.82 Å². The molecule has 1 aliphatic carbocycles. The third-order valence-electron chi connectivity index (χ3n) is 4.62. The van der Waals surface area contributed by atoms with Gasteiger partial charge in [-0.3, -0.25) is 4.68 Å². The first-order valence-electron chi connectivity index (χ1n) is 8.67. The van der Waals surface area contributed by atoms with Gasteiger partial charge in [-0.25, -0.2) is 0 Å². The Morgan fingerprint density at radius 2 is 2.12 bits per heavy atom. The van der Waals surface area contributed by atoms with E-state index in [9.17, 15) is 0 Å². The lowest BCUT2D eigenvalue weighted by Gasteiger charge is -2.34. The van der Waals surface area contributed by atoms with Crippen LogP contribution in [0.5, 0.6) is 0 Å². The third kappa shape index (κ3) is 3.41. The lowest BCUT2D eigenvalue weighted by molar-refractivity contribution is 0.351. The topological polar surface area (TPSA) is 86.3 Å². The van der Waals surface area contributed by atoms with E-state index in [1.54, 1.807) is 17.5 Å². The van der Waals surface area contributed by atoms with Gasteiger partial charge in [-0.1, -0.05) is 18.3 Å². The van der Waals surface area contributed by atoms with Crippen molar-refractivity contribution in [1.82, 2.24) is 34.7 Å². The van der Waals surface area contributed by atoms with Crippen LogP contribution in [0.25, 0.3) is 0 Å². The van der Waals surface area contributed by atoms with Gasteiger partial charge in [0.2, 0.25) is 5.13 Å². The van der Waals surface area contributed by atoms with E-state index in [1.807, 2.05) is 24.0 Å². The van der Waals surface area contributed by atoms with Crippen LogP contribution in [0, 0.1) is 0 Å². The molecule has 4 rings (SSSR count). The zero-order valence-electron chi connectivity index (χ0n) is 14.5. The van der Waals surface area contributed by atoms with Gasteiger partial charge < -0.3 is 9.88 Å². The van der Waals surface area contributed by atoms with Crippen LogP contribution in [0.4, 0.5) is 5.13 Å². The highest BCUT2D eigenvalue weighted by molar-refractivity contribution is 7.15. The van der Waals surface area contributed by atoms with Crippen LogP contribution < -0.4 is 5.32 Å². The molecule has 0 bridgehead atoms. The second kappa shape index (κ2) is 6.91. The summed E-state index contributed by atoms with van der Waals surface area (Å²) in [5.41, 5.74) is 0. The molecular formula is C16H22N8S. The summed E-state index contributed by atoms with van der Waals surface area (Å²) in [6, 6.07) is 2.36. The van der Waals surface area contributed by atoms with E-state index >= 15 is 0 Å². The van der Waals surface area contributed by atoms with E-state index in [4.69, 9.17) is 0 Å². The number of hydrogen-bond donors (Lipinski definition) is 1. The Balaban J connectivity index is 1.33. The number of hydrogen-bond acceptors (Lipinski definition) is 7. The van der Waals surface area contributed by atoms with Crippen LogP contribution in [-0.2, 0) is 20.0 Å². The maximum absolute atomic E-state index is 4.41. The summed E-state index contributed by atoms with van der Waals surface area (Å²) in [5, 5.41) is 27.0. The minimum absolute atomic E-state index is 0.443. The predicted molar refractivity (Wildman–Crippen MR) is 95.6 cm³/mol. The zero-order valence-corrected chi connectivity index (χ0v) is 15.3. The van der Waals surface area contributed by atoms with Gasteiger partial charge >= 0.3 is 0 Å². The van der Waals surface area contributed by atoms with Crippen molar-refractivity contribution in [3.05, 3.63) is 35.1 Å². The van der Waals surface area contributed by atoms with Gasteiger partial charge in [-0.05, 0) is 25.3 Å². The monoisotopic (exact) mass is 358 g/mol. The summed E-state index contributed by atoms with van der Waals surface area (Å²) in [7, 11) is 2.04. The normalized spacial score (nSPS) is 19.8. The molecule has 25 heavy (non-hydrogen) atoms. The number of aromatic nitrogens is 7. The molecule has 0 radical (unpaired) electrons. The third-order valence-corrected chi connectivity index (χ3v) is 5.54. The van der Waals surface area contributed by atoms with Gasteiger partial charge in [0, 0.05) is 37.8 Å². The fourth-order valence-corrected chi connectivity index (χ4v) is 4.07. The van der Waals surface area contributed by atoms with Crippen LogP contribution in [0.15, 0.2) is 18.5 Å². The lowest BCUT2D eigenvalue weighted by atomic mass is 9.80. The number of nitrogens with one attached hydrogen (secondary N) is 1. The standard InChI is InChI=1S/C16H22N8S/c1-3-5-14-20-22-16(25-14)18-12-8-11(9-12)15-21-19-13(23(15)2)10-24-7-4-6-17-24/h4,6-7,11-12H,3,5,8-10H2,1-2H3,(H,18,22). The zero-order chi connectivity index (χ0) is 17.2. The minimum atomic E-state index is 0.443. The summed E-state index contributed by atoms with van der Waals surface area (Å²) in [4.78, 5) is 0. The average Bonchev–Trinajstić information content (AvgIpc) is 3.28. The maximum atomic E-state index is 4.41. The van der Waals surface area contributed by atoms with Crippen molar-refractivity contribution >= 4 is 16.5 Å². The van der Waals surface area contributed by atoms with E-state index in [0.717, 1.165) is 47.5 Å². The van der Waals surface area contributed by atoms with Gasteiger partial charge in [0.1, 0.15) is 17.4 Å². The first kappa shape index (κ1) is 16.2. The largest absolute Gasteiger partial charge is 0.357 e. The fraction of sp³-hybridized carbons (Fsp3) is 0.562. The molecule has 0 unspecified atom stereocenters. The molecule has 132 valence electrons. The highest BCUT2D eigenvalue weighted by Crippen LogP contribution is 2.38. The highest BCUT2D eigenvalue weighted by atomic mass is 32.1. The Labute approximate surface area is 150 Å². The maximum Gasteiger partial charge on any atom is 0.205 e. The molecule has 0 aromatic carbocycles. The molecule has 0 atom stereocenters. The Morgan fingerprint density at radius 3 is 2.88 bits per heavy atom. The molecule has 9 heteroatoms. The van der Waals surface area contributed by atoms with Crippen LogP contribution >= 0.6 is 11.3 Å². The smallest absolute Gasteiger partial charge is 0.205 e. The molecule has 1 saturated carbocycles. The molecule has 1 fully saturated rings. The molecular weight excluding hydrogens is 336 g/mol. The molecule has 1 aliphatic rings. The molecule has 0 amide bonds. The summed E-state index contributed by atoms with van der Waals surface area (Å²) < 4.78 is 3.97. The SMILES string of the molecule is CCCc1nnc(NC2CC(c3nnc(Cn4cccn4)n3C)C2)s1. The van der Waals surface area contributed by atoms with Crippen LogP contribution in [0.2, 0.25) is 0 Å². The van der Waals surface area contributed by atoms with Gasteiger partial charge in [0.05, 0.1) is 0 Å². The van der Waals surface area contributed by atoms with E-state index < -0.39 is 0 Å². The van der Waals surface area contributed by atoms with Crippen molar-refractivity contribution in [2.24, 2.45) is 7.05 Å². The van der Waals surface area contributed by atoms with Crippen LogP contribution in [0.1, 0.15) is 48.8 Å². The number of rotatable bonds is 7. The molecule has 3 heterocycles. The van der Waals surface area contributed by atoms with E-state index in [1.165, 1.54) is 0 Å². The molecule has 0 aliphatic heterocycles. The van der Waals surface area contributed by atoms with E-state index in [-0.39, 0.29) is 0 Å². The molecule has 8 nitrogen and oxygen atoms in total. The molecule has 3 aromatic heterocycles. The van der Waals surface area contributed by atoms with Crippen molar-refractivity contribution in [2.45, 2.75) is 51.1 Å². The number of anilines is 1. The van der Waals surface area contributed by atoms with Crippen molar-refractivity contribution in [3.63, 3.8) is 0 Å². The summed E-state index contributed by atoms with van der Waals surface area (Å²) in [6.45, 7) is 2.81. The van der Waals surface area contributed by atoms with Crippen LogP contribution in [0.3, 0.4) is 0 Å². The Morgan fingerprint density at radius 1 is 1.24 bits per heavy atom. The van der Waals surface area contributed by atoms with Gasteiger partial charge in [-0.15, -0.1) is 20.4 Å². The van der Waals surface area contributed by atoms with E-state index in [0.29, 0.717) is 18.5 Å². The molecule has 3 aromatic rings. The fourth-order valence-electron chi connectivity index (χ4n) is 3.16. The Hall–Kier alpha value is -2.29. The van der Waals surface area contributed by atoms with Crippen molar-refractivity contribution in [3.8, 4) is 0 Å². The second-order valence-corrected chi connectivity index (χ2v) is 7.56. The van der Waals surface area contributed by atoms with E-state index in [2.05, 4.69) is 42.3 Å². The van der Waals surface area contributed by atoms with Crippen molar-refractivity contribution in [1.29, 1.82) is 0 Å². The lowest BCUT2D eigenvalue weighted by Crippen LogP contribution is -2.35. The van der Waals surface area contributed by atoms with Crippen molar-refractivity contribution < 1.29 is 0 Å². The Kier molecular flexibility index (Phi) is 4.48. The molecule has 1 N–H and O–H groups in total. The van der Waals surface area contributed by atoms with Crippen molar-refractivity contribution in [2.75, 3.05) is 5.32 Å². The quantitative estimate of drug-likeness (QED) is 0.697. The Bertz CT molecular complexity index is 815. The predicted octanol–water partition coefficient (Wildman–Crippen LogP) is 2.22. The first-order valence-corrected chi connectivity index (χ1v) is 9.49. The second-order valence-electron chi connectivity index (χ2n) is 6.50. The van der Waals surface area contributed by atoms with Crippen LogP contribution in [-0.4, -0.2) is 40.8 Å². The summed E-state index contributed by atoms with van der Waals surface area (Å²) in [5.74, 6) is 2.44. The van der Waals surface area contributed by atoms with Gasteiger partial charge in [-0.2, -0.15) is 5.10 Å². The summed E-state index contributed by atoms with van der Waals surface area (Å²) in [6.07, 6.45) is 7.93. The first-order chi connectivity index (χ1) is 12.2. The number of aryl methyl sites for hydroxylation is 1. The molecule has 0 saturated heterocycles.